The number of halogens is 2. The van der Waals surface area contributed by atoms with Gasteiger partial charge in [-0.3, -0.25) is 0 Å². The number of aliphatic hydroxyl groups excluding tert-OH is 1. The molecule has 3 atom stereocenters. The van der Waals surface area contributed by atoms with Crippen LogP contribution in [0.3, 0.4) is 0 Å². The van der Waals surface area contributed by atoms with E-state index in [9.17, 15) is 13.9 Å². The first-order chi connectivity index (χ1) is 9.10. The molecule has 1 heterocycles. The van der Waals surface area contributed by atoms with Crippen molar-refractivity contribution in [2.75, 3.05) is 6.54 Å². The van der Waals surface area contributed by atoms with Crippen LogP contribution in [-0.2, 0) is 0 Å². The second-order valence-electron chi connectivity index (χ2n) is 5.37. The number of piperidine rings is 1. The molecule has 0 radical (unpaired) electrons. The molecule has 0 spiro atoms. The Hall–Kier alpha value is -1.00. The Balaban J connectivity index is 1.98. The van der Waals surface area contributed by atoms with Gasteiger partial charge in [-0.2, -0.15) is 0 Å². The predicted octanol–water partition coefficient (Wildman–Crippen LogP) is 3.17. The lowest BCUT2D eigenvalue weighted by Gasteiger charge is -2.31. The minimum Gasteiger partial charge on any atom is -0.388 e. The number of nitrogens with one attached hydrogen (secondary N) is 1. The maximum atomic E-state index is 13.6. The van der Waals surface area contributed by atoms with Crippen molar-refractivity contribution in [1.82, 2.24) is 5.32 Å². The van der Waals surface area contributed by atoms with Crippen molar-refractivity contribution in [3.8, 4) is 0 Å². The van der Waals surface area contributed by atoms with Gasteiger partial charge in [0.05, 0.1) is 6.10 Å². The zero-order valence-electron chi connectivity index (χ0n) is 11.2. The van der Waals surface area contributed by atoms with Crippen LogP contribution in [0.25, 0.3) is 0 Å². The quantitative estimate of drug-likeness (QED) is 0.880. The fourth-order valence-corrected chi connectivity index (χ4v) is 2.81. The van der Waals surface area contributed by atoms with Crippen molar-refractivity contribution in [2.24, 2.45) is 5.92 Å². The maximum Gasteiger partial charge on any atom is 0.131 e. The third-order valence-corrected chi connectivity index (χ3v) is 4.01. The Bertz CT molecular complexity index is 425. The van der Waals surface area contributed by atoms with Gasteiger partial charge in [0.1, 0.15) is 11.6 Å². The second kappa shape index (κ2) is 6.44. The van der Waals surface area contributed by atoms with Crippen molar-refractivity contribution >= 4 is 0 Å². The summed E-state index contributed by atoms with van der Waals surface area (Å²) in [6.45, 7) is 3.12. The van der Waals surface area contributed by atoms with Gasteiger partial charge in [-0.05, 0) is 37.8 Å². The van der Waals surface area contributed by atoms with Crippen LogP contribution in [0.5, 0.6) is 0 Å². The van der Waals surface area contributed by atoms with E-state index in [2.05, 4.69) is 12.2 Å². The first-order valence-corrected chi connectivity index (χ1v) is 6.96. The molecule has 1 aliphatic rings. The van der Waals surface area contributed by atoms with Crippen molar-refractivity contribution in [3.63, 3.8) is 0 Å². The van der Waals surface area contributed by atoms with E-state index in [4.69, 9.17) is 0 Å². The van der Waals surface area contributed by atoms with Crippen LogP contribution in [0.1, 0.15) is 44.3 Å². The smallest absolute Gasteiger partial charge is 0.131 e. The Kier molecular flexibility index (Phi) is 4.88. The van der Waals surface area contributed by atoms with E-state index in [1.165, 1.54) is 12.1 Å². The van der Waals surface area contributed by atoms with Gasteiger partial charge in [-0.15, -0.1) is 0 Å². The van der Waals surface area contributed by atoms with Gasteiger partial charge in [0.25, 0.3) is 0 Å². The molecule has 1 aliphatic heterocycles. The molecule has 0 saturated carbocycles. The highest BCUT2D eigenvalue weighted by Gasteiger charge is 2.24. The van der Waals surface area contributed by atoms with Crippen LogP contribution in [-0.4, -0.2) is 17.7 Å². The minimum atomic E-state index is -0.881. The van der Waals surface area contributed by atoms with Gasteiger partial charge in [0.2, 0.25) is 0 Å². The molecule has 2 nitrogen and oxygen atoms in total. The Morgan fingerprint density at radius 1 is 1.42 bits per heavy atom. The van der Waals surface area contributed by atoms with Crippen LogP contribution in [0.4, 0.5) is 8.78 Å². The molecule has 0 bridgehead atoms. The van der Waals surface area contributed by atoms with Crippen LogP contribution < -0.4 is 5.32 Å². The fourth-order valence-electron chi connectivity index (χ4n) is 2.81. The minimum absolute atomic E-state index is 0.182. The van der Waals surface area contributed by atoms with E-state index in [-0.39, 0.29) is 11.6 Å². The first-order valence-electron chi connectivity index (χ1n) is 6.96. The molecular formula is C15H21F2NO. The molecule has 2 rings (SSSR count). The highest BCUT2D eigenvalue weighted by Crippen LogP contribution is 2.27. The SMILES string of the molecule is CCC1CCNC(CC(O)c2ccc(F)cc2F)C1. The van der Waals surface area contributed by atoms with Crippen LogP contribution in [0.2, 0.25) is 0 Å². The molecule has 3 unspecified atom stereocenters. The van der Waals surface area contributed by atoms with Gasteiger partial charge in [-0.1, -0.05) is 19.4 Å². The third-order valence-electron chi connectivity index (χ3n) is 4.01. The molecular weight excluding hydrogens is 248 g/mol. The van der Waals surface area contributed by atoms with Gasteiger partial charge in [0.15, 0.2) is 0 Å². The molecule has 2 N–H and O–H groups in total. The molecule has 19 heavy (non-hydrogen) atoms. The van der Waals surface area contributed by atoms with E-state index >= 15 is 0 Å². The molecule has 4 heteroatoms. The molecule has 1 aromatic rings. The molecule has 1 fully saturated rings. The summed E-state index contributed by atoms with van der Waals surface area (Å²) in [5, 5.41) is 13.5. The van der Waals surface area contributed by atoms with Crippen molar-refractivity contribution < 1.29 is 13.9 Å². The van der Waals surface area contributed by atoms with Gasteiger partial charge in [-0.25, -0.2) is 8.78 Å². The molecule has 106 valence electrons. The van der Waals surface area contributed by atoms with E-state index in [0.29, 0.717) is 12.3 Å². The summed E-state index contributed by atoms with van der Waals surface area (Å²) in [6.07, 6.45) is 2.90. The van der Waals surface area contributed by atoms with Crippen molar-refractivity contribution in [2.45, 2.75) is 44.8 Å². The van der Waals surface area contributed by atoms with Gasteiger partial charge < -0.3 is 10.4 Å². The van der Waals surface area contributed by atoms with Gasteiger partial charge in [0, 0.05) is 17.7 Å². The Labute approximate surface area is 112 Å². The lowest BCUT2D eigenvalue weighted by atomic mass is 9.87. The number of hydrogen-bond acceptors (Lipinski definition) is 2. The maximum absolute atomic E-state index is 13.6. The molecule has 0 aliphatic carbocycles. The lowest BCUT2D eigenvalue weighted by Crippen LogP contribution is -2.39. The predicted molar refractivity (Wildman–Crippen MR) is 70.7 cm³/mol. The average Bonchev–Trinajstić information content (AvgIpc) is 2.38. The molecule has 1 saturated heterocycles. The standard InChI is InChI=1S/C15H21F2NO/c1-2-10-5-6-18-12(7-10)9-15(19)13-4-3-11(16)8-14(13)17/h3-4,8,10,12,15,18-19H,2,5-7,9H2,1H3. The number of aliphatic hydroxyl groups is 1. The monoisotopic (exact) mass is 269 g/mol. The van der Waals surface area contributed by atoms with Crippen molar-refractivity contribution in [3.05, 3.63) is 35.4 Å². The highest BCUT2D eigenvalue weighted by molar-refractivity contribution is 5.21. The summed E-state index contributed by atoms with van der Waals surface area (Å²) in [5.74, 6) is -0.609. The largest absolute Gasteiger partial charge is 0.388 e. The summed E-state index contributed by atoms with van der Waals surface area (Å²) in [7, 11) is 0. The lowest BCUT2D eigenvalue weighted by molar-refractivity contribution is 0.132. The topological polar surface area (TPSA) is 32.3 Å². The van der Waals surface area contributed by atoms with E-state index in [1.54, 1.807) is 0 Å². The summed E-state index contributed by atoms with van der Waals surface area (Å²) in [4.78, 5) is 0. The highest BCUT2D eigenvalue weighted by atomic mass is 19.1. The van der Waals surface area contributed by atoms with Gasteiger partial charge >= 0.3 is 0 Å². The van der Waals surface area contributed by atoms with E-state index < -0.39 is 17.7 Å². The zero-order valence-corrected chi connectivity index (χ0v) is 11.2. The van der Waals surface area contributed by atoms with Crippen molar-refractivity contribution in [1.29, 1.82) is 0 Å². The van der Waals surface area contributed by atoms with E-state index in [0.717, 1.165) is 31.9 Å². The zero-order chi connectivity index (χ0) is 13.8. The summed E-state index contributed by atoms with van der Waals surface area (Å²) in [5.41, 5.74) is 0.182. The Morgan fingerprint density at radius 3 is 2.89 bits per heavy atom. The first kappa shape index (κ1) is 14.4. The summed E-state index contributed by atoms with van der Waals surface area (Å²) < 4.78 is 26.4. The summed E-state index contributed by atoms with van der Waals surface area (Å²) in [6, 6.07) is 3.54. The number of rotatable bonds is 4. The second-order valence-corrected chi connectivity index (χ2v) is 5.37. The molecule has 0 amide bonds. The van der Waals surface area contributed by atoms with Crippen LogP contribution >= 0.6 is 0 Å². The molecule has 1 aromatic carbocycles. The average molecular weight is 269 g/mol. The van der Waals surface area contributed by atoms with Crippen LogP contribution in [0.15, 0.2) is 18.2 Å². The summed E-state index contributed by atoms with van der Waals surface area (Å²) >= 11 is 0. The molecule has 0 aromatic heterocycles. The van der Waals surface area contributed by atoms with Crippen LogP contribution in [0, 0.1) is 17.6 Å². The number of benzene rings is 1. The Morgan fingerprint density at radius 2 is 2.21 bits per heavy atom. The normalized spacial score (nSPS) is 25.3. The third kappa shape index (κ3) is 3.74. The number of hydrogen-bond donors (Lipinski definition) is 2. The fraction of sp³-hybridized carbons (Fsp3) is 0.600. The van der Waals surface area contributed by atoms with E-state index in [1.807, 2.05) is 0 Å².